The zero-order valence-corrected chi connectivity index (χ0v) is 20.8. The van der Waals surface area contributed by atoms with Crippen LogP contribution in [0.4, 0.5) is 11.4 Å². The standard InChI is InChI=1S/C28H32N2O2S/c1-19-14-20(2)16-23(15-19)30-27(32)26(21-10-7-6-8-11-21)33-24-13-9-12-22(17-24)29-25(31)18-28(3,4)5/h6-17,26H,18H2,1-5H3,(H,29,31)(H,30,32). The molecule has 0 saturated heterocycles. The van der Waals surface area contributed by atoms with Crippen molar-refractivity contribution < 1.29 is 9.59 Å². The molecule has 0 spiro atoms. The number of thioether (sulfide) groups is 1. The van der Waals surface area contributed by atoms with Crippen LogP contribution >= 0.6 is 11.8 Å². The number of amides is 2. The largest absolute Gasteiger partial charge is 0.326 e. The highest BCUT2D eigenvalue weighted by Gasteiger charge is 2.23. The smallest absolute Gasteiger partial charge is 0.242 e. The van der Waals surface area contributed by atoms with Gasteiger partial charge < -0.3 is 10.6 Å². The molecule has 2 amide bonds. The molecule has 3 aromatic rings. The molecule has 33 heavy (non-hydrogen) atoms. The monoisotopic (exact) mass is 460 g/mol. The van der Waals surface area contributed by atoms with E-state index in [2.05, 4.69) is 16.7 Å². The predicted octanol–water partition coefficient (Wildman–Crippen LogP) is 7.15. The Morgan fingerprint density at radius 2 is 1.48 bits per heavy atom. The second-order valence-corrected chi connectivity index (χ2v) is 10.8. The van der Waals surface area contributed by atoms with Crippen LogP contribution in [-0.4, -0.2) is 11.8 Å². The highest BCUT2D eigenvalue weighted by molar-refractivity contribution is 8.00. The highest BCUT2D eigenvalue weighted by Crippen LogP contribution is 2.37. The van der Waals surface area contributed by atoms with Gasteiger partial charge in [0, 0.05) is 22.7 Å². The van der Waals surface area contributed by atoms with Crippen LogP contribution < -0.4 is 10.6 Å². The topological polar surface area (TPSA) is 58.2 Å². The van der Waals surface area contributed by atoms with Gasteiger partial charge in [-0.3, -0.25) is 9.59 Å². The molecule has 0 saturated carbocycles. The van der Waals surface area contributed by atoms with Crippen LogP contribution in [0.3, 0.4) is 0 Å². The van der Waals surface area contributed by atoms with Crippen LogP contribution in [0.1, 0.15) is 49.1 Å². The number of hydrogen-bond acceptors (Lipinski definition) is 3. The molecule has 0 aliphatic carbocycles. The summed E-state index contributed by atoms with van der Waals surface area (Å²) in [5.41, 5.74) is 4.58. The van der Waals surface area contributed by atoms with E-state index in [1.54, 1.807) is 0 Å². The summed E-state index contributed by atoms with van der Waals surface area (Å²) < 4.78 is 0. The van der Waals surface area contributed by atoms with Crippen LogP contribution in [0.5, 0.6) is 0 Å². The Morgan fingerprint density at radius 3 is 2.12 bits per heavy atom. The summed E-state index contributed by atoms with van der Waals surface area (Å²) in [5.74, 6) is -0.102. The van der Waals surface area contributed by atoms with E-state index in [-0.39, 0.29) is 17.2 Å². The van der Waals surface area contributed by atoms with Gasteiger partial charge >= 0.3 is 0 Å². The molecular weight excluding hydrogens is 428 g/mol. The average molecular weight is 461 g/mol. The Balaban J connectivity index is 1.81. The van der Waals surface area contributed by atoms with Crippen molar-refractivity contribution >= 4 is 35.0 Å². The van der Waals surface area contributed by atoms with Crippen LogP contribution in [0.2, 0.25) is 0 Å². The van der Waals surface area contributed by atoms with Gasteiger partial charge in [-0.25, -0.2) is 0 Å². The Hall–Kier alpha value is -3.05. The summed E-state index contributed by atoms with van der Waals surface area (Å²) in [6.07, 6.45) is 0.440. The van der Waals surface area contributed by atoms with Gasteiger partial charge in [-0.2, -0.15) is 0 Å². The van der Waals surface area contributed by atoms with Gasteiger partial charge in [0.05, 0.1) is 0 Å². The van der Waals surface area contributed by atoms with E-state index in [0.29, 0.717) is 6.42 Å². The molecule has 0 radical (unpaired) electrons. The Morgan fingerprint density at radius 1 is 0.818 bits per heavy atom. The second-order valence-electron chi connectivity index (χ2n) is 9.59. The van der Waals surface area contributed by atoms with E-state index in [0.717, 1.165) is 33.0 Å². The van der Waals surface area contributed by atoms with Crippen LogP contribution in [0.25, 0.3) is 0 Å². The highest BCUT2D eigenvalue weighted by atomic mass is 32.2. The summed E-state index contributed by atoms with van der Waals surface area (Å²) >= 11 is 1.47. The van der Waals surface area contributed by atoms with E-state index < -0.39 is 5.25 Å². The van der Waals surface area contributed by atoms with E-state index in [1.165, 1.54) is 11.8 Å². The lowest BCUT2D eigenvalue weighted by Gasteiger charge is -2.19. The molecular formula is C28H32N2O2S. The third-order valence-corrected chi connectivity index (χ3v) is 6.14. The Labute approximate surface area is 201 Å². The number of carbonyl (C=O) groups excluding carboxylic acids is 2. The zero-order valence-electron chi connectivity index (χ0n) is 19.9. The van der Waals surface area contributed by atoms with Crippen molar-refractivity contribution in [1.82, 2.24) is 0 Å². The molecule has 4 nitrogen and oxygen atoms in total. The maximum Gasteiger partial charge on any atom is 0.242 e. The quantitative estimate of drug-likeness (QED) is 0.368. The van der Waals surface area contributed by atoms with E-state index in [9.17, 15) is 9.59 Å². The summed E-state index contributed by atoms with van der Waals surface area (Å²) in [4.78, 5) is 26.6. The fourth-order valence-electron chi connectivity index (χ4n) is 3.63. The molecule has 0 aliphatic heterocycles. The summed E-state index contributed by atoms with van der Waals surface area (Å²) in [5, 5.41) is 5.63. The van der Waals surface area contributed by atoms with Gasteiger partial charge in [0.15, 0.2) is 0 Å². The molecule has 0 aromatic heterocycles. The predicted molar refractivity (Wildman–Crippen MR) is 139 cm³/mol. The van der Waals surface area contributed by atoms with Crippen molar-refractivity contribution in [3.8, 4) is 0 Å². The lowest BCUT2D eigenvalue weighted by molar-refractivity contribution is -0.118. The van der Waals surface area contributed by atoms with Gasteiger partial charge in [0.2, 0.25) is 11.8 Å². The van der Waals surface area contributed by atoms with Crippen LogP contribution in [0, 0.1) is 19.3 Å². The molecule has 172 valence electrons. The first-order valence-electron chi connectivity index (χ1n) is 11.1. The first kappa shape index (κ1) is 24.6. The SMILES string of the molecule is Cc1cc(C)cc(NC(=O)C(Sc2cccc(NC(=O)CC(C)(C)C)c2)c2ccccc2)c1. The summed E-state index contributed by atoms with van der Waals surface area (Å²) in [6, 6.07) is 23.4. The lowest BCUT2D eigenvalue weighted by atomic mass is 9.92. The van der Waals surface area contributed by atoms with Gasteiger partial charge in [-0.1, -0.05) is 63.2 Å². The molecule has 1 atom stereocenters. The number of aryl methyl sites for hydroxylation is 2. The number of benzene rings is 3. The van der Waals surface area contributed by atoms with Gasteiger partial charge in [-0.15, -0.1) is 11.8 Å². The maximum atomic E-state index is 13.4. The normalized spacial score (nSPS) is 12.2. The number of hydrogen-bond donors (Lipinski definition) is 2. The fraction of sp³-hybridized carbons (Fsp3) is 0.286. The van der Waals surface area contributed by atoms with E-state index >= 15 is 0 Å². The summed E-state index contributed by atoms with van der Waals surface area (Å²) in [7, 11) is 0. The van der Waals surface area contributed by atoms with Crippen LogP contribution in [-0.2, 0) is 9.59 Å². The lowest BCUT2D eigenvalue weighted by Crippen LogP contribution is -2.20. The zero-order chi connectivity index (χ0) is 24.0. The number of nitrogens with one attached hydrogen (secondary N) is 2. The minimum absolute atomic E-state index is 0.0168. The Kier molecular flexibility index (Phi) is 7.98. The molecule has 3 rings (SSSR count). The van der Waals surface area contributed by atoms with Gasteiger partial charge in [0.1, 0.15) is 5.25 Å². The number of carbonyl (C=O) groups is 2. The van der Waals surface area contributed by atoms with Crippen molar-refractivity contribution in [3.05, 3.63) is 89.5 Å². The van der Waals surface area contributed by atoms with Crippen molar-refractivity contribution in [2.75, 3.05) is 10.6 Å². The van der Waals surface area contributed by atoms with Crippen molar-refractivity contribution in [2.45, 2.75) is 51.2 Å². The van der Waals surface area contributed by atoms with Crippen molar-refractivity contribution in [1.29, 1.82) is 0 Å². The molecule has 0 bridgehead atoms. The molecule has 2 N–H and O–H groups in total. The van der Waals surface area contributed by atoms with Crippen LogP contribution in [0.15, 0.2) is 77.7 Å². The Bertz CT molecular complexity index is 1100. The van der Waals surface area contributed by atoms with Crippen molar-refractivity contribution in [2.24, 2.45) is 5.41 Å². The molecule has 0 heterocycles. The molecule has 0 aliphatic rings. The molecule has 3 aromatic carbocycles. The molecule has 5 heteroatoms. The second kappa shape index (κ2) is 10.7. The minimum Gasteiger partial charge on any atom is -0.326 e. The first-order chi connectivity index (χ1) is 15.6. The minimum atomic E-state index is -0.437. The van der Waals surface area contributed by atoms with Gasteiger partial charge in [0.25, 0.3) is 0 Å². The molecule has 1 unspecified atom stereocenters. The first-order valence-corrected chi connectivity index (χ1v) is 12.0. The van der Waals surface area contributed by atoms with E-state index in [4.69, 9.17) is 0 Å². The fourth-order valence-corrected chi connectivity index (χ4v) is 4.71. The average Bonchev–Trinajstić information content (AvgIpc) is 2.70. The molecule has 0 fully saturated rings. The van der Waals surface area contributed by atoms with Crippen molar-refractivity contribution in [3.63, 3.8) is 0 Å². The number of anilines is 2. The number of rotatable bonds is 7. The maximum absolute atomic E-state index is 13.4. The third-order valence-electron chi connectivity index (χ3n) is 4.89. The third kappa shape index (κ3) is 7.79. The van der Waals surface area contributed by atoms with E-state index in [1.807, 2.05) is 101 Å². The summed E-state index contributed by atoms with van der Waals surface area (Å²) in [6.45, 7) is 10.2. The van der Waals surface area contributed by atoms with Gasteiger partial charge in [-0.05, 0) is 66.3 Å².